The van der Waals surface area contributed by atoms with Gasteiger partial charge in [-0.05, 0) is 12.5 Å². The van der Waals surface area contributed by atoms with E-state index in [1.165, 1.54) is 7.11 Å². The molecule has 1 aromatic rings. The number of alkyl halides is 4. The van der Waals surface area contributed by atoms with Crippen molar-refractivity contribution in [1.29, 1.82) is 0 Å². The molecule has 0 spiro atoms. The molecule has 0 saturated carbocycles. The molecule has 0 N–H and O–H groups in total. The average Bonchev–Trinajstić information content (AvgIpc) is 2.14. The molecular weight excluding hydrogens is 247 g/mol. The Hall–Kier alpha value is -1.17. The fourth-order valence-corrected chi connectivity index (χ4v) is 1.47. The molecule has 0 amide bonds. The second-order valence-corrected chi connectivity index (χ2v) is 3.21. The Morgan fingerprint density at radius 3 is 2.50 bits per heavy atom. The van der Waals surface area contributed by atoms with Crippen LogP contribution in [0.25, 0.3) is 0 Å². The van der Waals surface area contributed by atoms with E-state index in [1.54, 1.807) is 6.92 Å². The molecule has 3 nitrogen and oxygen atoms in total. The molecular formula is C9H9ClF3NO2. The van der Waals surface area contributed by atoms with Crippen LogP contribution in [0.1, 0.15) is 11.1 Å². The normalized spacial score (nSPS) is 11.4. The van der Waals surface area contributed by atoms with Gasteiger partial charge in [0.1, 0.15) is 0 Å². The average molecular weight is 256 g/mol. The zero-order valence-electron chi connectivity index (χ0n) is 8.56. The van der Waals surface area contributed by atoms with Crippen LogP contribution in [0.2, 0.25) is 0 Å². The van der Waals surface area contributed by atoms with Crippen molar-refractivity contribution in [3.05, 3.63) is 17.2 Å². The van der Waals surface area contributed by atoms with Crippen molar-refractivity contribution in [1.82, 2.24) is 4.98 Å². The van der Waals surface area contributed by atoms with Gasteiger partial charge < -0.3 is 9.47 Å². The Bertz CT molecular complexity index is 382. The predicted octanol–water partition coefficient (Wildman–Crippen LogP) is 3.04. The van der Waals surface area contributed by atoms with Crippen molar-refractivity contribution in [2.75, 3.05) is 7.11 Å². The zero-order chi connectivity index (χ0) is 12.3. The summed E-state index contributed by atoms with van der Waals surface area (Å²) in [6.45, 7) is 1.60. The first-order valence-electron chi connectivity index (χ1n) is 4.23. The lowest BCUT2D eigenvalue weighted by atomic mass is 10.2. The van der Waals surface area contributed by atoms with Gasteiger partial charge in [-0.1, -0.05) is 0 Å². The molecule has 0 aliphatic carbocycles. The van der Waals surface area contributed by atoms with E-state index in [0.29, 0.717) is 11.1 Å². The van der Waals surface area contributed by atoms with E-state index in [1.807, 2.05) is 0 Å². The molecule has 90 valence electrons. The molecule has 0 aliphatic heterocycles. The molecule has 0 atom stereocenters. The molecule has 0 unspecified atom stereocenters. The van der Waals surface area contributed by atoms with Crippen molar-refractivity contribution in [3.8, 4) is 11.8 Å². The van der Waals surface area contributed by atoms with Crippen LogP contribution in [-0.4, -0.2) is 18.5 Å². The Balaban J connectivity index is 3.10. The number of ether oxygens (including phenoxy) is 2. The quantitative estimate of drug-likeness (QED) is 0.778. The molecule has 7 heteroatoms. The largest absolute Gasteiger partial charge is 0.574 e. The number of halogens is 4. The summed E-state index contributed by atoms with van der Waals surface area (Å²) in [4.78, 5) is 3.56. The summed E-state index contributed by atoms with van der Waals surface area (Å²) in [6.07, 6.45) is -4.77. The van der Waals surface area contributed by atoms with Gasteiger partial charge in [0.15, 0.2) is 0 Å². The first kappa shape index (κ1) is 12.9. The standard InChI is InChI=1S/C9H9ClF3NO2/c1-5-3-7(16-9(11,12)13)14-8(15-2)6(5)4-10/h3H,4H2,1-2H3. The maximum Gasteiger partial charge on any atom is 0.574 e. The number of hydrogen-bond acceptors (Lipinski definition) is 3. The summed E-state index contributed by atoms with van der Waals surface area (Å²) in [5, 5.41) is 0. The summed E-state index contributed by atoms with van der Waals surface area (Å²) in [6, 6.07) is 1.16. The van der Waals surface area contributed by atoms with E-state index in [9.17, 15) is 13.2 Å². The number of nitrogens with zero attached hydrogens (tertiary/aromatic N) is 1. The van der Waals surface area contributed by atoms with E-state index >= 15 is 0 Å². The summed E-state index contributed by atoms with van der Waals surface area (Å²) < 4.78 is 44.4. The van der Waals surface area contributed by atoms with E-state index in [-0.39, 0.29) is 11.8 Å². The molecule has 0 bridgehead atoms. The van der Waals surface area contributed by atoms with Gasteiger partial charge in [-0.3, -0.25) is 0 Å². The van der Waals surface area contributed by atoms with E-state index in [0.717, 1.165) is 6.07 Å². The third-order valence-corrected chi connectivity index (χ3v) is 2.10. The first-order chi connectivity index (χ1) is 7.37. The summed E-state index contributed by atoms with van der Waals surface area (Å²) in [7, 11) is 1.30. The van der Waals surface area contributed by atoms with Crippen LogP contribution in [0.5, 0.6) is 11.8 Å². The first-order valence-corrected chi connectivity index (χ1v) is 4.77. The van der Waals surface area contributed by atoms with Crippen molar-refractivity contribution in [2.24, 2.45) is 0 Å². The van der Waals surface area contributed by atoms with Crippen molar-refractivity contribution < 1.29 is 22.6 Å². The Kier molecular flexibility index (Phi) is 3.85. The van der Waals surface area contributed by atoms with Crippen molar-refractivity contribution in [2.45, 2.75) is 19.2 Å². The Labute approximate surface area is 95.1 Å². The van der Waals surface area contributed by atoms with Crippen LogP contribution in [0, 0.1) is 6.92 Å². The van der Waals surface area contributed by atoms with Crippen molar-refractivity contribution >= 4 is 11.6 Å². The molecule has 0 aromatic carbocycles. The second kappa shape index (κ2) is 4.78. The lowest BCUT2D eigenvalue weighted by Crippen LogP contribution is -2.18. The highest BCUT2D eigenvalue weighted by atomic mass is 35.5. The second-order valence-electron chi connectivity index (χ2n) is 2.95. The van der Waals surface area contributed by atoms with Gasteiger partial charge in [0, 0.05) is 11.6 Å². The number of hydrogen-bond donors (Lipinski definition) is 0. The highest BCUT2D eigenvalue weighted by molar-refractivity contribution is 6.17. The van der Waals surface area contributed by atoms with Gasteiger partial charge in [-0.25, -0.2) is 0 Å². The van der Waals surface area contributed by atoms with E-state index < -0.39 is 12.2 Å². The van der Waals surface area contributed by atoms with Gasteiger partial charge in [0.2, 0.25) is 11.8 Å². The molecule has 0 fully saturated rings. The molecule has 0 aliphatic rings. The van der Waals surface area contributed by atoms with Gasteiger partial charge in [0.25, 0.3) is 0 Å². The van der Waals surface area contributed by atoms with Gasteiger partial charge in [-0.2, -0.15) is 4.98 Å². The third kappa shape index (κ3) is 3.16. The van der Waals surface area contributed by atoms with Crippen LogP contribution >= 0.6 is 11.6 Å². The molecule has 1 rings (SSSR count). The molecule has 0 saturated heterocycles. The minimum Gasteiger partial charge on any atom is -0.481 e. The molecule has 16 heavy (non-hydrogen) atoms. The van der Waals surface area contributed by atoms with E-state index in [4.69, 9.17) is 16.3 Å². The zero-order valence-corrected chi connectivity index (χ0v) is 9.32. The van der Waals surface area contributed by atoms with Crippen LogP contribution < -0.4 is 9.47 Å². The van der Waals surface area contributed by atoms with Crippen LogP contribution in [0.4, 0.5) is 13.2 Å². The number of methoxy groups -OCH3 is 1. The topological polar surface area (TPSA) is 31.4 Å². The maximum absolute atomic E-state index is 12.0. The molecule has 1 aromatic heterocycles. The van der Waals surface area contributed by atoms with Gasteiger partial charge in [0.05, 0.1) is 13.0 Å². The van der Waals surface area contributed by atoms with Crippen molar-refractivity contribution in [3.63, 3.8) is 0 Å². The van der Waals surface area contributed by atoms with Gasteiger partial charge in [-0.15, -0.1) is 24.8 Å². The maximum atomic E-state index is 12.0. The number of aryl methyl sites for hydroxylation is 1. The van der Waals surface area contributed by atoms with Crippen LogP contribution in [-0.2, 0) is 5.88 Å². The Morgan fingerprint density at radius 2 is 2.06 bits per heavy atom. The highest BCUT2D eigenvalue weighted by Crippen LogP contribution is 2.28. The number of aromatic nitrogens is 1. The lowest BCUT2D eigenvalue weighted by Gasteiger charge is -2.12. The fraction of sp³-hybridized carbons (Fsp3) is 0.444. The smallest absolute Gasteiger partial charge is 0.481 e. The Morgan fingerprint density at radius 1 is 1.44 bits per heavy atom. The summed E-state index contributed by atoms with van der Waals surface area (Å²) in [5.74, 6) is -0.418. The molecule has 1 heterocycles. The minimum atomic E-state index is -4.77. The molecule has 0 radical (unpaired) electrons. The number of rotatable bonds is 3. The van der Waals surface area contributed by atoms with Crippen LogP contribution in [0.15, 0.2) is 6.07 Å². The minimum absolute atomic E-state index is 0.0363. The van der Waals surface area contributed by atoms with Gasteiger partial charge >= 0.3 is 6.36 Å². The lowest BCUT2D eigenvalue weighted by molar-refractivity contribution is -0.276. The summed E-state index contributed by atoms with van der Waals surface area (Å²) >= 11 is 5.62. The predicted molar refractivity (Wildman–Crippen MR) is 51.8 cm³/mol. The SMILES string of the molecule is COc1nc(OC(F)(F)F)cc(C)c1CCl. The summed E-state index contributed by atoms with van der Waals surface area (Å²) in [5.41, 5.74) is 1.07. The van der Waals surface area contributed by atoms with Crippen LogP contribution in [0.3, 0.4) is 0 Å². The van der Waals surface area contributed by atoms with E-state index in [2.05, 4.69) is 9.72 Å². The highest BCUT2D eigenvalue weighted by Gasteiger charge is 2.32. The fourth-order valence-electron chi connectivity index (χ4n) is 1.14. The monoisotopic (exact) mass is 255 g/mol. The number of pyridine rings is 1. The third-order valence-electron chi connectivity index (χ3n) is 1.83.